The summed E-state index contributed by atoms with van der Waals surface area (Å²) in [4.78, 5) is 48.2. The molecule has 0 saturated carbocycles. The van der Waals surface area contributed by atoms with Crippen LogP contribution in [0.2, 0.25) is 0 Å². The van der Waals surface area contributed by atoms with Crippen molar-refractivity contribution in [3.05, 3.63) is 12.7 Å². The van der Waals surface area contributed by atoms with Crippen LogP contribution in [0.4, 0.5) is 5.82 Å². The van der Waals surface area contributed by atoms with Crippen LogP contribution in [-0.4, -0.2) is 64.5 Å². The summed E-state index contributed by atoms with van der Waals surface area (Å²) in [6, 6.07) is 1.89. The molecule has 0 radical (unpaired) electrons. The lowest BCUT2D eigenvalue weighted by atomic mass is 10.2. The second-order valence-electron chi connectivity index (χ2n) is 6.65. The first-order valence-electron chi connectivity index (χ1n) is 9.15. The molecule has 2 aromatic rings. The van der Waals surface area contributed by atoms with Crippen LogP contribution in [0.1, 0.15) is 19.1 Å². The molecule has 1 saturated heterocycles. The highest BCUT2D eigenvalue weighted by Gasteiger charge is 2.43. The Hall–Kier alpha value is -1.83. The number of imidazole rings is 1. The van der Waals surface area contributed by atoms with Gasteiger partial charge in [-0.1, -0.05) is 0 Å². The highest BCUT2D eigenvalue weighted by Crippen LogP contribution is 2.66. The van der Waals surface area contributed by atoms with Gasteiger partial charge in [-0.3, -0.25) is 9.09 Å². The lowest BCUT2D eigenvalue weighted by Gasteiger charge is -2.21. The van der Waals surface area contributed by atoms with Crippen molar-refractivity contribution in [1.29, 1.82) is 5.26 Å². The standard InChI is InChI=1S/C13H19N6O12P3/c14-2-1-3-27-8-4-10(19-7-18-11-12(15)16-6-17-13(11)19)29-9(8)5-28-33(23,24)31-34(25,26)30-32(20,21)22/h6-10H,1,3-5H2,(H,23,24)(H,25,26)(H2,15,16,17)(H2,20,21,22)/t8-,9+,10+/m0/s1. The van der Waals surface area contributed by atoms with Crippen LogP contribution in [-0.2, 0) is 36.3 Å². The maximum absolute atomic E-state index is 12.0. The molecule has 18 nitrogen and oxygen atoms in total. The van der Waals surface area contributed by atoms with Gasteiger partial charge in [0.2, 0.25) is 0 Å². The Morgan fingerprint density at radius 2 is 1.91 bits per heavy atom. The van der Waals surface area contributed by atoms with Crippen LogP contribution in [0.3, 0.4) is 0 Å². The van der Waals surface area contributed by atoms with Crippen molar-refractivity contribution in [2.75, 3.05) is 18.9 Å². The molecule has 5 atom stereocenters. The average molecular weight is 544 g/mol. The van der Waals surface area contributed by atoms with Gasteiger partial charge >= 0.3 is 23.5 Å². The Kier molecular flexibility index (Phi) is 8.21. The quantitative estimate of drug-likeness (QED) is 0.188. The third-order valence-corrected chi connectivity index (χ3v) is 8.04. The van der Waals surface area contributed by atoms with Crippen molar-refractivity contribution in [1.82, 2.24) is 19.5 Å². The Morgan fingerprint density at radius 1 is 1.18 bits per heavy atom. The van der Waals surface area contributed by atoms with E-state index in [1.165, 1.54) is 17.2 Å². The van der Waals surface area contributed by atoms with Crippen molar-refractivity contribution in [2.24, 2.45) is 0 Å². The average Bonchev–Trinajstić information content (AvgIpc) is 3.28. The molecular weight excluding hydrogens is 525 g/mol. The van der Waals surface area contributed by atoms with Crippen LogP contribution in [0, 0.1) is 11.3 Å². The summed E-state index contributed by atoms with van der Waals surface area (Å²) in [6.45, 7) is -0.718. The van der Waals surface area contributed by atoms with E-state index < -0.39 is 48.5 Å². The number of nitrogens with two attached hydrogens (primary N) is 1. The second-order valence-corrected chi connectivity index (χ2v) is 11.1. The smallest absolute Gasteiger partial charge is 0.382 e. The van der Waals surface area contributed by atoms with Gasteiger partial charge in [-0.15, -0.1) is 0 Å². The Balaban J connectivity index is 1.72. The molecule has 0 aliphatic carbocycles. The van der Waals surface area contributed by atoms with Gasteiger partial charge in [0.05, 0.1) is 38.1 Å². The highest BCUT2D eigenvalue weighted by molar-refractivity contribution is 7.66. The number of rotatable bonds is 11. The van der Waals surface area contributed by atoms with E-state index in [4.69, 9.17) is 30.3 Å². The number of ether oxygens (including phenoxy) is 2. The predicted octanol–water partition coefficient (Wildman–Crippen LogP) is 0.338. The summed E-state index contributed by atoms with van der Waals surface area (Å²) in [7, 11) is -16.6. The Labute approximate surface area is 190 Å². The summed E-state index contributed by atoms with van der Waals surface area (Å²) >= 11 is 0. The zero-order valence-corrected chi connectivity index (χ0v) is 19.6. The first-order valence-corrected chi connectivity index (χ1v) is 13.7. The molecule has 1 fully saturated rings. The van der Waals surface area contributed by atoms with Crippen molar-refractivity contribution in [3.8, 4) is 6.07 Å². The molecule has 0 spiro atoms. The number of hydrogen-bond acceptors (Lipinski definition) is 13. The lowest BCUT2D eigenvalue weighted by Crippen LogP contribution is -2.29. The number of nitriles is 1. The molecule has 0 amide bonds. The second kappa shape index (κ2) is 10.4. The lowest BCUT2D eigenvalue weighted by molar-refractivity contribution is -0.0584. The maximum Gasteiger partial charge on any atom is 0.490 e. The number of nitrogens with zero attached hydrogens (tertiary/aromatic N) is 5. The number of phosphoric ester groups is 1. The van der Waals surface area contributed by atoms with E-state index in [0.29, 0.717) is 11.2 Å². The monoisotopic (exact) mass is 544 g/mol. The third-order valence-electron chi connectivity index (χ3n) is 4.24. The van der Waals surface area contributed by atoms with E-state index in [1.54, 1.807) is 0 Å². The Bertz CT molecular complexity index is 1210. The molecule has 6 N–H and O–H groups in total. The van der Waals surface area contributed by atoms with Crippen molar-refractivity contribution in [2.45, 2.75) is 31.3 Å². The molecule has 34 heavy (non-hydrogen) atoms. The van der Waals surface area contributed by atoms with Gasteiger partial charge < -0.3 is 34.8 Å². The van der Waals surface area contributed by atoms with Crippen LogP contribution >= 0.6 is 23.5 Å². The van der Waals surface area contributed by atoms with Crippen LogP contribution in [0.15, 0.2) is 12.7 Å². The predicted molar refractivity (Wildman–Crippen MR) is 108 cm³/mol. The molecule has 1 aliphatic rings. The molecule has 2 unspecified atom stereocenters. The van der Waals surface area contributed by atoms with Gasteiger partial charge in [-0.2, -0.15) is 13.9 Å². The molecule has 188 valence electrons. The van der Waals surface area contributed by atoms with E-state index in [2.05, 4.69) is 28.1 Å². The number of fused-ring (bicyclic) bond motifs is 1. The molecule has 3 heterocycles. The number of aromatic nitrogens is 4. The molecule has 1 aliphatic heterocycles. The molecule has 21 heteroatoms. The number of phosphoric acid groups is 3. The fourth-order valence-electron chi connectivity index (χ4n) is 3.00. The first-order chi connectivity index (χ1) is 15.8. The third kappa shape index (κ3) is 7.09. The minimum Gasteiger partial charge on any atom is -0.382 e. The minimum atomic E-state index is -5.67. The molecule has 3 rings (SSSR count). The van der Waals surface area contributed by atoms with Gasteiger partial charge in [0.25, 0.3) is 0 Å². The number of hydrogen-bond donors (Lipinski definition) is 5. The van der Waals surface area contributed by atoms with Crippen molar-refractivity contribution in [3.63, 3.8) is 0 Å². The van der Waals surface area contributed by atoms with Crippen LogP contribution < -0.4 is 5.73 Å². The van der Waals surface area contributed by atoms with Crippen molar-refractivity contribution < 1.29 is 55.9 Å². The Morgan fingerprint density at radius 3 is 2.59 bits per heavy atom. The summed E-state index contributed by atoms with van der Waals surface area (Å²) in [6.07, 6.45) is 0.219. The minimum absolute atomic E-state index is 0.00277. The zero-order chi connectivity index (χ0) is 25.1. The van der Waals surface area contributed by atoms with E-state index in [0.717, 1.165) is 0 Å². The fourth-order valence-corrected chi connectivity index (χ4v) is 6.03. The summed E-state index contributed by atoms with van der Waals surface area (Å²) < 4.78 is 59.1. The van der Waals surface area contributed by atoms with E-state index in [1.807, 2.05) is 6.07 Å². The maximum atomic E-state index is 12.0. The SMILES string of the molecule is N#CCCO[C@H]1C[C@H](n2cnc3c(N)ncnc32)O[C@@H]1COP(=O)(O)OP(=O)(O)OP(=O)(O)O. The summed E-state index contributed by atoms with van der Waals surface area (Å²) in [5, 5.41) is 8.72. The molecule has 2 aromatic heterocycles. The van der Waals surface area contributed by atoms with Crippen LogP contribution in [0.5, 0.6) is 0 Å². The summed E-state index contributed by atoms with van der Waals surface area (Å²) in [5.41, 5.74) is 6.41. The normalized spacial score (nSPS) is 24.5. The molecule has 0 bridgehead atoms. The van der Waals surface area contributed by atoms with Gasteiger partial charge in [0.1, 0.15) is 24.2 Å². The summed E-state index contributed by atoms with van der Waals surface area (Å²) in [5.74, 6) is 0.132. The van der Waals surface area contributed by atoms with Gasteiger partial charge in [0, 0.05) is 6.42 Å². The highest BCUT2D eigenvalue weighted by atomic mass is 31.3. The van der Waals surface area contributed by atoms with Gasteiger partial charge in [-0.05, 0) is 0 Å². The largest absolute Gasteiger partial charge is 0.490 e. The molecule has 0 aromatic carbocycles. The van der Waals surface area contributed by atoms with Crippen LogP contribution in [0.25, 0.3) is 11.2 Å². The number of anilines is 1. The fraction of sp³-hybridized carbons (Fsp3) is 0.538. The first kappa shape index (κ1) is 26.8. The molecular formula is C13H19N6O12P3. The van der Waals surface area contributed by atoms with E-state index in [-0.39, 0.29) is 25.3 Å². The number of nitrogen functional groups attached to an aromatic ring is 1. The van der Waals surface area contributed by atoms with E-state index in [9.17, 15) is 23.5 Å². The topological polar surface area (TPSA) is 272 Å². The zero-order valence-electron chi connectivity index (χ0n) is 16.9. The van der Waals surface area contributed by atoms with Gasteiger partial charge in [0.15, 0.2) is 11.5 Å². The van der Waals surface area contributed by atoms with Gasteiger partial charge in [-0.25, -0.2) is 28.6 Å². The van der Waals surface area contributed by atoms with E-state index >= 15 is 0 Å². The van der Waals surface area contributed by atoms with Crippen molar-refractivity contribution >= 4 is 40.4 Å².